The molecule has 1 heterocycles. The first-order chi connectivity index (χ1) is 12.3. The van der Waals surface area contributed by atoms with Gasteiger partial charge in [-0.2, -0.15) is 0 Å². The van der Waals surface area contributed by atoms with Gasteiger partial charge >= 0.3 is 12.2 Å². The molecule has 0 bridgehead atoms. The molecule has 0 aromatic heterocycles. The molecule has 1 fully saturated rings. The summed E-state index contributed by atoms with van der Waals surface area (Å²) in [5.41, 5.74) is 0.0768. The molecule has 2 amide bonds. The highest BCUT2D eigenvalue weighted by atomic mass is 16.6. The topological polar surface area (TPSA) is 77.1 Å². The number of amides is 2. The van der Waals surface area contributed by atoms with Gasteiger partial charge in [-0.3, -0.25) is 5.32 Å². The number of hydrogen-bond donors (Lipinski definition) is 1. The molecule has 1 aromatic carbocycles. The number of rotatable bonds is 4. The van der Waals surface area contributed by atoms with Crippen LogP contribution < -0.4 is 10.1 Å². The monoisotopic (exact) mass is 364 g/mol. The number of carbonyl (C=O) groups excluding carboxylic acids is 2. The zero-order valence-electron chi connectivity index (χ0n) is 15.9. The SMILES string of the molecule is COc1ccccc1NC(=O)OCC1CCN(C(=O)OC(C)(C)C)CC1. The Bertz CT molecular complexity index is 619. The highest BCUT2D eigenvalue weighted by Crippen LogP contribution is 2.24. The third kappa shape index (κ3) is 6.13. The zero-order chi connectivity index (χ0) is 19.2. The summed E-state index contributed by atoms with van der Waals surface area (Å²) in [6, 6.07) is 7.15. The quantitative estimate of drug-likeness (QED) is 0.877. The number of anilines is 1. The fourth-order valence-electron chi connectivity index (χ4n) is 2.70. The number of piperidine rings is 1. The fraction of sp³-hybridized carbons (Fsp3) is 0.579. The van der Waals surface area contributed by atoms with Crippen LogP contribution in [0.3, 0.4) is 0 Å². The minimum absolute atomic E-state index is 0.233. The largest absolute Gasteiger partial charge is 0.495 e. The number of methoxy groups -OCH3 is 1. The molecule has 1 aromatic rings. The maximum absolute atomic E-state index is 12.0. The molecule has 0 atom stereocenters. The van der Waals surface area contributed by atoms with Gasteiger partial charge in [-0.05, 0) is 51.7 Å². The van der Waals surface area contributed by atoms with E-state index in [2.05, 4.69) is 5.32 Å². The van der Waals surface area contributed by atoms with Crippen LogP contribution in [0, 0.1) is 5.92 Å². The molecule has 0 saturated carbocycles. The molecule has 26 heavy (non-hydrogen) atoms. The van der Waals surface area contributed by atoms with E-state index in [1.54, 1.807) is 24.1 Å². The minimum Gasteiger partial charge on any atom is -0.495 e. The summed E-state index contributed by atoms with van der Waals surface area (Å²) < 4.78 is 15.9. The molecule has 0 aliphatic carbocycles. The number of hydrogen-bond acceptors (Lipinski definition) is 5. The van der Waals surface area contributed by atoms with Crippen LogP contribution in [0.4, 0.5) is 15.3 Å². The number of carbonyl (C=O) groups is 2. The number of likely N-dealkylation sites (tertiary alicyclic amines) is 1. The van der Waals surface area contributed by atoms with Gasteiger partial charge in [0.1, 0.15) is 11.4 Å². The maximum Gasteiger partial charge on any atom is 0.411 e. The number of benzene rings is 1. The molecule has 7 nitrogen and oxygen atoms in total. The van der Waals surface area contributed by atoms with E-state index in [4.69, 9.17) is 14.2 Å². The van der Waals surface area contributed by atoms with Crippen molar-refractivity contribution >= 4 is 17.9 Å². The molecular formula is C19H28N2O5. The van der Waals surface area contributed by atoms with Crippen molar-refractivity contribution in [3.63, 3.8) is 0 Å². The summed E-state index contributed by atoms with van der Waals surface area (Å²) in [6.07, 6.45) is 0.761. The number of nitrogens with one attached hydrogen (secondary N) is 1. The Balaban J connectivity index is 1.73. The van der Waals surface area contributed by atoms with E-state index in [0.717, 1.165) is 12.8 Å². The van der Waals surface area contributed by atoms with Gasteiger partial charge in [-0.25, -0.2) is 9.59 Å². The average Bonchev–Trinajstić information content (AvgIpc) is 2.59. The Morgan fingerprint density at radius 1 is 1.19 bits per heavy atom. The van der Waals surface area contributed by atoms with Gasteiger partial charge in [-0.1, -0.05) is 12.1 Å². The predicted octanol–water partition coefficient (Wildman–Crippen LogP) is 3.89. The minimum atomic E-state index is -0.510. The van der Waals surface area contributed by atoms with Crippen LogP contribution in [0.1, 0.15) is 33.6 Å². The summed E-state index contributed by atoms with van der Waals surface area (Å²) in [5, 5.41) is 2.68. The van der Waals surface area contributed by atoms with Crippen LogP contribution >= 0.6 is 0 Å². The lowest BCUT2D eigenvalue weighted by Crippen LogP contribution is -2.42. The maximum atomic E-state index is 12.0. The van der Waals surface area contributed by atoms with Crippen LogP contribution in [-0.4, -0.2) is 49.5 Å². The Labute approximate surface area is 154 Å². The van der Waals surface area contributed by atoms with Crippen LogP contribution in [0.2, 0.25) is 0 Å². The van der Waals surface area contributed by atoms with Crippen LogP contribution in [-0.2, 0) is 9.47 Å². The van der Waals surface area contributed by atoms with Gasteiger partial charge < -0.3 is 19.1 Å². The summed E-state index contributed by atoms with van der Waals surface area (Å²) in [5.74, 6) is 0.812. The fourth-order valence-corrected chi connectivity index (χ4v) is 2.70. The van der Waals surface area contributed by atoms with Crippen molar-refractivity contribution in [2.45, 2.75) is 39.2 Å². The molecule has 1 saturated heterocycles. The standard InChI is InChI=1S/C19H28N2O5/c1-19(2,3)26-18(23)21-11-9-14(10-12-21)13-25-17(22)20-15-7-5-6-8-16(15)24-4/h5-8,14H,9-13H2,1-4H3,(H,20,22). The van der Waals surface area contributed by atoms with Crippen molar-refractivity contribution in [3.05, 3.63) is 24.3 Å². The van der Waals surface area contributed by atoms with E-state index in [0.29, 0.717) is 31.1 Å². The Kier molecular flexibility index (Phi) is 6.71. The van der Waals surface area contributed by atoms with Crippen molar-refractivity contribution in [2.75, 3.05) is 32.1 Å². The lowest BCUT2D eigenvalue weighted by atomic mass is 9.98. The second-order valence-electron chi connectivity index (χ2n) is 7.33. The summed E-state index contributed by atoms with van der Waals surface area (Å²) in [4.78, 5) is 25.7. The van der Waals surface area contributed by atoms with E-state index >= 15 is 0 Å². The van der Waals surface area contributed by atoms with Gasteiger partial charge in [0.25, 0.3) is 0 Å². The first kappa shape index (κ1) is 19.9. The second-order valence-corrected chi connectivity index (χ2v) is 7.33. The number of ether oxygens (including phenoxy) is 3. The number of nitrogens with zero attached hydrogens (tertiary/aromatic N) is 1. The third-order valence-corrected chi connectivity index (χ3v) is 4.06. The van der Waals surface area contributed by atoms with Crippen LogP contribution in [0.25, 0.3) is 0 Å². The smallest absolute Gasteiger partial charge is 0.411 e. The Morgan fingerprint density at radius 3 is 2.46 bits per heavy atom. The molecule has 1 N–H and O–H groups in total. The van der Waals surface area contributed by atoms with Crippen LogP contribution in [0.5, 0.6) is 5.75 Å². The van der Waals surface area contributed by atoms with Gasteiger partial charge in [0, 0.05) is 13.1 Å². The molecule has 1 aliphatic heterocycles. The van der Waals surface area contributed by atoms with Gasteiger partial charge in [0.05, 0.1) is 19.4 Å². The van der Waals surface area contributed by atoms with E-state index in [9.17, 15) is 9.59 Å². The van der Waals surface area contributed by atoms with E-state index < -0.39 is 11.7 Å². The highest BCUT2D eigenvalue weighted by molar-refractivity contribution is 5.86. The summed E-state index contributed by atoms with van der Waals surface area (Å²) >= 11 is 0. The third-order valence-electron chi connectivity index (χ3n) is 4.06. The molecular weight excluding hydrogens is 336 g/mol. The first-order valence-corrected chi connectivity index (χ1v) is 8.83. The van der Waals surface area contributed by atoms with E-state index in [-0.39, 0.29) is 12.0 Å². The molecule has 0 spiro atoms. The van der Waals surface area contributed by atoms with E-state index in [1.807, 2.05) is 32.9 Å². The first-order valence-electron chi connectivity index (χ1n) is 8.83. The molecule has 1 aliphatic rings. The van der Waals surface area contributed by atoms with Crippen LogP contribution in [0.15, 0.2) is 24.3 Å². The Morgan fingerprint density at radius 2 is 1.85 bits per heavy atom. The highest BCUT2D eigenvalue weighted by Gasteiger charge is 2.27. The van der Waals surface area contributed by atoms with Gasteiger partial charge in [-0.15, -0.1) is 0 Å². The predicted molar refractivity (Wildman–Crippen MR) is 98.5 cm³/mol. The van der Waals surface area contributed by atoms with E-state index in [1.165, 1.54) is 0 Å². The van der Waals surface area contributed by atoms with Crippen molar-refractivity contribution in [1.82, 2.24) is 4.90 Å². The van der Waals surface area contributed by atoms with Crippen molar-refractivity contribution in [2.24, 2.45) is 5.92 Å². The molecule has 0 radical (unpaired) electrons. The number of para-hydroxylation sites is 2. The van der Waals surface area contributed by atoms with Crippen molar-refractivity contribution < 1.29 is 23.8 Å². The van der Waals surface area contributed by atoms with Gasteiger partial charge in [0.15, 0.2) is 0 Å². The average molecular weight is 364 g/mol. The normalized spacial score (nSPS) is 15.3. The molecule has 2 rings (SSSR count). The van der Waals surface area contributed by atoms with Crippen molar-refractivity contribution in [1.29, 1.82) is 0 Å². The van der Waals surface area contributed by atoms with Crippen molar-refractivity contribution in [3.8, 4) is 5.75 Å². The lowest BCUT2D eigenvalue weighted by molar-refractivity contribution is 0.0153. The molecule has 7 heteroatoms. The van der Waals surface area contributed by atoms with Gasteiger partial charge in [0.2, 0.25) is 0 Å². The summed E-state index contributed by atoms with van der Waals surface area (Å²) in [6.45, 7) is 7.10. The second kappa shape index (κ2) is 8.78. The lowest BCUT2D eigenvalue weighted by Gasteiger charge is -2.33. The summed E-state index contributed by atoms with van der Waals surface area (Å²) in [7, 11) is 1.55. The molecule has 0 unspecified atom stereocenters. The molecule has 144 valence electrons. The Hall–Kier alpha value is -2.44. The zero-order valence-corrected chi connectivity index (χ0v) is 15.9.